The van der Waals surface area contributed by atoms with Crippen molar-refractivity contribution in [3.05, 3.63) is 43.8 Å². The summed E-state index contributed by atoms with van der Waals surface area (Å²) >= 11 is 5.97. The molecule has 0 radical (unpaired) electrons. The highest BCUT2D eigenvalue weighted by molar-refractivity contribution is 6.30. The standard InChI is InChI=1S/C11H9ClN4O2.C3H8/c12-9-6(5-1-2-5)3-8(15-16-9)7-4-13-11(18)14-10(7)17;1-3-2/h3-5H,1-2H2,(H2,13,14,17,18);3H2,1-2H3. The van der Waals surface area contributed by atoms with Gasteiger partial charge in [0.15, 0.2) is 5.15 Å². The zero-order chi connectivity index (χ0) is 15.4. The quantitative estimate of drug-likeness (QED) is 0.891. The molecule has 1 aliphatic rings. The van der Waals surface area contributed by atoms with Gasteiger partial charge in [0, 0.05) is 6.20 Å². The second kappa shape index (κ2) is 6.67. The number of rotatable bonds is 2. The van der Waals surface area contributed by atoms with Crippen molar-refractivity contribution in [3.63, 3.8) is 0 Å². The number of halogens is 1. The molecule has 6 nitrogen and oxygen atoms in total. The highest BCUT2D eigenvalue weighted by Crippen LogP contribution is 2.43. The zero-order valence-corrected chi connectivity index (χ0v) is 12.7. The van der Waals surface area contributed by atoms with E-state index >= 15 is 0 Å². The first kappa shape index (κ1) is 15.4. The van der Waals surface area contributed by atoms with Gasteiger partial charge < -0.3 is 4.98 Å². The summed E-state index contributed by atoms with van der Waals surface area (Å²) in [5, 5.41) is 8.11. The van der Waals surface area contributed by atoms with E-state index in [0.29, 0.717) is 16.8 Å². The van der Waals surface area contributed by atoms with Crippen LogP contribution in [0.4, 0.5) is 0 Å². The van der Waals surface area contributed by atoms with Crippen molar-refractivity contribution < 1.29 is 0 Å². The Balaban J connectivity index is 0.000000497. The number of H-pyrrole nitrogens is 2. The molecule has 2 aromatic rings. The Morgan fingerprint density at radius 1 is 1.29 bits per heavy atom. The van der Waals surface area contributed by atoms with E-state index in [1.807, 2.05) is 0 Å². The number of nitrogens with one attached hydrogen (secondary N) is 2. The van der Waals surface area contributed by atoms with Gasteiger partial charge in [-0.3, -0.25) is 9.78 Å². The maximum Gasteiger partial charge on any atom is 0.325 e. The van der Waals surface area contributed by atoms with Crippen LogP contribution in [0.5, 0.6) is 0 Å². The van der Waals surface area contributed by atoms with Crippen molar-refractivity contribution in [1.29, 1.82) is 0 Å². The molecule has 21 heavy (non-hydrogen) atoms. The van der Waals surface area contributed by atoms with Gasteiger partial charge in [-0.05, 0) is 30.4 Å². The lowest BCUT2D eigenvalue weighted by Crippen LogP contribution is -2.22. The van der Waals surface area contributed by atoms with Gasteiger partial charge in [0.05, 0.1) is 5.56 Å². The number of nitrogens with zero attached hydrogens (tertiary/aromatic N) is 2. The van der Waals surface area contributed by atoms with Crippen molar-refractivity contribution in [2.24, 2.45) is 0 Å². The SMILES string of the molecule is CCC.O=c1[nH]cc(-c2cc(C3CC3)c(Cl)nn2)c(=O)[nH]1. The summed E-state index contributed by atoms with van der Waals surface area (Å²) in [6.07, 6.45) is 4.73. The number of hydrogen-bond donors (Lipinski definition) is 2. The van der Waals surface area contributed by atoms with Crippen LogP contribution in [0.15, 0.2) is 21.9 Å². The molecule has 0 aromatic carbocycles. The van der Waals surface area contributed by atoms with Crippen LogP contribution in [0.2, 0.25) is 5.15 Å². The minimum atomic E-state index is -0.548. The minimum Gasteiger partial charge on any atom is -0.313 e. The molecular formula is C14H17ClN4O2. The van der Waals surface area contributed by atoms with E-state index in [0.717, 1.165) is 18.4 Å². The molecule has 2 aromatic heterocycles. The Morgan fingerprint density at radius 3 is 2.52 bits per heavy atom. The van der Waals surface area contributed by atoms with Gasteiger partial charge in [-0.25, -0.2) is 4.79 Å². The molecule has 0 aliphatic heterocycles. The fraction of sp³-hybridized carbons (Fsp3) is 0.429. The summed E-state index contributed by atoms with van der Waals surface area (Å²) in [5.41, 5.74) is 0.567. The topological polar surface area (TPSA) is 91.5 Å². The molecule has 1 saturated carbocycles. The van der Waals surface area contributed by atoms with Crippen molar-refractivity contribution in [1.82, 2.24) is 20.2 Å². The lowest BCUT2D eigenvalue weighted by molar-refractivity contribution is 0.970. The molecule has 0 saturated heterocycles. The Kier molecular flexibility index (Phi) is 4.90. The molecule has 0 amide bonds. The monoisotopic (exact) mass is 308 g/mol. The Bertz CT molecular complexity index is 734. The fourth-order valence-electron chi connectivity index (χ4n) is 1.80. The van der Waals surface area contributed by atoms with Gasteiger partial charge in [-0.15, -0.1) is 10.2 Å². The molecule has 2 heterocycles. The van der Waals surface area contributed by atoms with Gasteiger partial charge in [-0.1, -0.05) is 31.9 Å². The van der Waals surface area contributed by atoms with E-state index < -0.39 is 11.2 Å². The van der Waals surface area contributed by atoms with E-state index in [4.69, 9.17) is 11.6 Å². The van der Waals surface area contributed by atoms with Crippen molar-refractivity contribution in [3.8, 4) is 11.3 Å². The van der Waals surface area contributed by atoms with Crippen LogP contribution >= 0.6 is 11.6 Å². The first-order valence-corrected chi connectivity index (χ1v) is 7.30. The summed E-state index contributed by atoms with van der Waals surface area (Å²) < 4.78 is 0. The molecule has 0 unspecified atom stereocenters. The Hall–Kier alpha value is -1.95. The lowest BCUT2D eigenvalue weighted by atomic mass is 10.1. The van der Waals surface area contributed by atoms with E-state index in [1.165, 1.54) is 12.6 Å². The predicted molar refractivity (Wildman–Crippen MR) is 81.7 cm³/mol. The molecule has 7 heteroatoms. The van der Waals surface area contributed by atoms with Gasteiger partial charge >= 0.3 is 5.69 Å². The third-order valence-corrected chi connectivity index (χ3v) is 3.18. The summed E-state index contributed by atoms with van der Waals surface area (Å²) in [5.74, 6) is 0.411. The number of aromatic nitrogens is 4. The smallest absolute Gasteiger partial charge is 0.313 e. The molecule has 0 spiro atoms. The average Bonchev–Trinajstić information content (AvgIpc) is 3.25. The van der Waals surface area contributed by atoms with Crippen LogP contribution in [0.1, 0.15) is 44.6 Å². The first-order valence-electron chi connectivity index (χ1n) is 6.92. The van der Waals surface area contributed by atoms with Gasteiger partial charge in [0.2, 0.25) is 0 Å². The maximum atomic E-state index is 11.6. The summed E-state index contributed by atoms with van der Waals surface area (Å²) in [7, 11) is 0. The van der Waals surface area contributed by atoms with Crippen LogP contribution in [-0.2, 0) is 0 Å². The minimum absolute atomic E-state index is 0.278. The fourth-order valence-corrected chi connectivity index (χ4v) is 2.05. The third-order valence-electron chi connectivity index (χ3n) is 2.89. The number of aromatic amines is 2. The van der Waals surface area contributed by atoms with Crippen molar-refractivity contribution in [2.75, 3.05) is 0 Å². The van der Waals surface area contributed by atoms with Crippen LogP contribution in [0, 0.1) is 0 Å². The maximum absolute atomic E-state index is 11.6. The van der Waals surface area contributed by atoms with Gasteiger partial charge in [0.1, 0.15) is 5.69 Å². The van der Waals surface area contributed by atoms with E-state index in [9.17, 15) is 9.59 Å². The average molecular weight is 309 g/mol. The third kappa shape index (κ3) is 3.78. The van der Waals surface area contributed by atoms with E-state index in [1.54, 1.807) is 6.07 Å². The molecule has 3 rings (SSSR count). The molecule has 1 aliphatic carbocycles. The van der Waals surface area contributed by atoms with E-state index in [2.05, 4.69) is 34.0 Å². The predicted octanol–water partition coefficient (Wildman–Crippen LogP) is 2.47. The highest BCUT2D eigenvalue weighted by Gasteiger charge is 2.27. The summed E-state index contributed by atoms with van der Waals surface area (Å²) in [6, 6.07) is 1.76. The molecule has 112 valence electrons. The summed E-state index contributed by atoms with van der Waals surface area (Å²) in [4.78, 5) is 27.1. The van der Waals surface area contributed by atoms with Crippen molar-refractivity contribution >= 4 is 11.6 Å². The molecule has 1 fully saturated rings. The zero-order valence-electron chi connectivity index (χ0n) is 11.9. The Morgan fingerprint density at radius 2 is 1.95 bits per heavy atom. The van der Waals surface area contributed by atoms with Crippen LogP contribution in [0.3, 0.4) is 0 Å². The largest absolute Gasteiger partial charge is 0.325 e. The summed E-state index contributed by atoms with van der Waals surface area (Å²) in [6.45, 7) is 4.25. The first-order chi connectivity index (χ1) is 10.1. The molecule has 0 atom stereocenters. The van der Waals surface area contributed by atoms with Gasteiger partial charge in [0.25, 0.3) is 5.56 Å². The molecule has 0 bridgehead atoms. The van der Waals surface area contributed by atoms with Crippen LogP contribution in [-0.4, -0.2) is 20.2 Å². The van der Waals surface area contributed by atoms with Crippen LogP contribution in [0.25, 0.3) is 11.3 Å². The van der Waals surface area contributed by atoms with E-state index in [-0.39, 0.29) is 5.56 Å². The molecule has 2 N–H and O–H groups in total. The van der Waals surface area contributed by atoms with Crippen LogP contribution < -0.4 is 11.2 Å². The number of hydrogen-bond acceptors (Lipinski definition) is 4. The van der Waals surface area contributed by atoms with Gasteiger partial charge in [-0.2, -0.15) is 0 Å². The second-order valence-corrected chi connectivity index (χ2v) is 5.30. The highest BCUT2D eigenvalue weighted by atomic mass is 35.5. The van der Waals surface area contributed by atoms with Crippen molar-refractivity contribution in [2.45, 2.75) is 39.0 Å². The normalized spacial score (nSPS) is 13.5. The second-order valence-electron chi connectivity index (χ2n) is 4.94. The molecular weight excluding hydrogens is 292 g/mol. The Labute approximate surface area is 126 Å². The lowest BCUT2D eigenvalue weighted by Gasteiger charge is -2.03.